The molecule has 0 saturated heterocycles. The van der Waals surface area contributed by atoms with Crippen LogP contribution in [0, 0.1) is 11.8 Å². The average molecular weight is 98.1 g/mol. The van der Waals surface area contributed by atoms with Crippen LogP contribution in [0.4, 0.5) is 0 Å². The highest BCUT2D eigenvalue weighted by atomic mass is 16.1. The van der Waals surface area contributed by atoms with Crippen molar-refractivity contribution in [3.63, 3.8) is 0 Å². The Morgan fingerprint density at radius 1 is 1.86 bits per heavy atom. The first kappa shape index (κ1) is 4.82. The van der Waals surface area contributed by atoms with Gasteiger partial charge in [-0.25, -0.2) is 0 Å². The van der Waals surface area contributed by atoms with Crippen LogP contribution in [-0.2, 0) is 4.79 Å². The SMILES string of the molecule is CCC1CC1C=O. The first-order valence-electron chi connectivity index (χ1n) is 2.83. The van der Waals surface area contributed by atoms with E-state index in [1.165, 1.54) is 6.42 Å². The summed E-state index contributed by atoms with van der Waals surface area (Å²) in [5, 5.41) is 0. The molecule has 0 aliphatic heterocycles. The third kappa shape index (κ3) is 0.817. The van der Waals surface area contributed by atoms with E-state index in [4.69, 9.17) is 0 Å². The lowest BCUT2D eigenvalue weighted by Crippen LogP contribution is -1.78. The molecule has 7 heavy (non-hydrogen) atoms. The molecule has 0 spiro atoms. The fourth-order valence-corrected chi connectivity index (χ4v) is 0.907. The first-order chi connectivity index (χ1) is 3.38. The molecule has 1 heteroatoms. The fraction of sp³-hybridized carbons (Fsp3) is 0.833. The van der Waals surface area contributed by atoms with Crippen LogP contribution >= 0.6 is 0 Å². The molecule has 1 fully saturated rings. The third-order valence-corrected chi connectivity index (χ3v) is 1.68. The molecule has 40 valence electrons. The van der Waals surface area contributed by atoms with Crippen LogP contribution in [0.3, 0.4) is 0 Å². The van der Waals surface area contributed by atoms with Crippen molar-refractivity contribution in [2.24, 2.45) is 11.8 Å². The van der Waals surface area contributed by atoms with Crippen LogP contribution < -0.4 is 0 Å². The van der Waals surface area contributed by atoms with Gasteiger partial charge in [-0.05, 0) is 12.3 Å². The van der Waals surface area contributed by atoms with Crippen molar-refractivity contribution in [3.8, 4) is 0 Å². The van der Waals surface area contributed by atoms with Gasteiger partial charge in [-0.1, -0.05) is 13.3 Å². The van der Waals surface area contributed by atoms with Gasteiger partial charge < -0.3 is 4.79 Å². The molecule has 1 nitrogen and oxygen atoms in total. The van der Waals surface area contributed by atoms with E-state index < -0.39 is 0 Å². The summed E-state index contributed by atoms with van der Waals surface area (Å²) in [5.41, 5.74) is 0. The van der Waals surface area contributed by atoms with Gasteiger partial charge >= 0.3 is 0 Å². The molecule has 0 aromatic rings. The van der Waals surface area contributed by atoms with Crippen LogP contribution in [0.15, 0.2) is 0 Å². The second-order valence-corrected chi connectivity index (χ2v) is 2.20. The highest BCUT2D eigenvalue weighted by Gasteiger charge is 2.34. The van der Waals surface area contributed by atoms with Gasteiger partial charge in [0.25, 0.3) is 0 Å². The second kappa shape index (κ2) is 1.65. The summed E-state index contributed by atoms with van der Waals surface area (Å²) in [4.78, 5) is 9.94. The van der Waals surface area contributed by atoms with E-state index in [0.29, 0.717) is 5.92 Å². The Morgan fingerprint density at radius 3 is 2.71 bits per heavy atom. The van der Waals surface area contributed by atoms with Crippen molar-refractivity contribution in [2.75, 3.05) is 0 Å². The van der Waals surface area contributed by atoms with Crippen molar-refractivity contribution in [2.45, 2.75) is 19.8 Å². The molecule has 0 N–H and O–H groups in total. The molecule has 0 aromatic heterocycles. The van der Waals surface area contributed by atoms with E-state index in [9.17, 15) is 4.79 Å². The molecule has 2 unspecified atom stereocenters. The molecule has 1 saturated carbocycles. The number of aldehydes is 1. The number of hydrogen-bond donors (Lipinski definition) is 0. The molecule has 0 amide bonds. The lowest BCUT2D eigenvalue weighted by atomic mass is 10.3. The summed E-state index contributed by atoms with van der Waals surface area (Å²) in [6, 6.07) is 0. The Bertz CT molecular complexity index is 78.2. The Kier molecular flexibility index (Phi) is 1.13. The first-order valence-corrected chi connectivity index (χ1v) is 2.83. The molecule has 2 atom stereocenters. The standard InChI is InChI=1S/C6H10O/c1-2-5-3-6(5)4-7/h4-6H,2-3H2,1H3. The largest absolute Gasteiger partial charge is 0.303 e. The minimum atomic E-state index is 0.435. The smallest absolute Gasteiger partial charge is 0.123 e. The molecular formula is C6H10O. The molecule has 1 rings (SSSR count). The molecule has 0 bridgehead atoms. The van der Waals surface area contributed by atoms with Gasteiger partial charge in [0.2, 0.25) is 0 Å². The monoisotopic (exact) mass is 98.1 g/mol. The number of carbonyl (C=O) groups excluding carboxylic acids is 1. The average Bonchev–Trinajstić information content (AvgIpc) is 2.43. The third-order valence-electron chi connectivity index (χ3n) is 1.68. The molecule has 0 radical (unpaired) electrons. The Morgan fingerprint density at radius 2 is 2.57 bits per heavy atom. The Balaban J connectivity index is 2.17. The van der Waals surface area contributed by atoms with Gasteiger partial charge in [-0.3, -0.25) is 0 Å². The quantitative estimate of drug-likeness (QED) is 0.475. The Labute approximate surface area is 43.7 Å². The maximum atomic E-state index is 9.94. The number of rotatable bonds is 2. The summed E-state index contributed by atoms with van der Waals surface area (Å²) in [7, 11) is 0. The van der Waals surface area contributed by atoms with Gasteiger partial charge in [0, 0.05) is 5.92 Å². The predicted octanol–water partition coefficient (Wildman–Crippen LogP) is 1.23. The van der Waals surface area contributed by atoms with Crippen LogP contribution in [0.2, 0.25) is 0 Å². The van der Waals surface area contributed by atoms with E-state index >= 15 is 0 Å². The lowest BCUT2D eigenvalue weighted by molar-refractivity contribution is -0.109. The zero-order valence-corrected chi connectivity index (χ0v) is 4.55. The summed E-state index contributed by atoms with van der Waals surface area (Å²) in [5.74, 6) is 1.18. The van der Waals surface area contributed by atoms with Gasteiger partial charge in [-0.15, -0.1) is 0 Å². The topological polar surface area (TPSA) is 17.1 Å². The van der Waals surface area contributed by atoms with Crippen molar-refractivity contribution >= 4 is 6.29 Å². The maximum Gasteiger partial charge on any atom is 0.123 e. The molecule has 0 aromatic carbocycles. The minimum Gasteiger partial charge on any atom is -0.303 e. The van der Waals surface area contributed by atoms with E-state index in [0.717, 1.165) is 18.6 Å². The van der Waals surface area contributed by atoms with E-state index in [2.05, 4.69) is 6.92 Å². The molecule has 1 aliphatic carbocycles. The fourth-order valence-electron chi connectivity index (χ4n) is 0.907. The highest BCUT2D eigenvalue weighted by Crippen LogP contribution is 2.38. The number of carbonyl (C=O) groups is 1. The van der Waals surface area contributed by atoms with Gasteiger partial charge in [-0.2, -0.15) is 0 Å². The number of hydrogen-bond acceptors (Lipinski definition) is 1. The van der Waals surface area contributed by atoms with Crippen molar-refractivity contribution in [3.05, 3.63) is 0 Å². The van der Waals surface area contributed by atoms with E-state index in [-0.39, 0.29) is 0 Å². The van der Waals surface area contributed by atoms with E-state index in [1.807, 2.05) is 0 Å². The maximum absolute atomic E-state index is 9.94. The zero-order chi connectivity index (χ0) is 5.28. The van der Waals surface area contributed by atoms with Gasteiger partial charge in [0.15, 0.2) is 0 Å². The minimum absolute atomic E-state index is 0.435. The zero-order valence-electron chi connectivity index (χ0n) is 4.55. The summed E-state index contributed by atoms with van der Waals surface area (Å²) < 4.78 is 0. The summed E-state index contributed by atoms with van der Waals surface area (Å²) in [6.45, 7) is 2.13. The van der Waals surface area contributed by atoms with Gasteiger partial charge in [0.1, 0.15) is 6.29 Å². The highest BCUT2D eigenvalue weighted by molar-refractivity contribution is 5.57. The lowest BCUT2D eigenvalue weighted by Gasteiger charge is -1.78. The van der Waals surface area contributed by atoms with Crippen molar-refractivity contribution in [1.29, 1.82) is 0 Å². The molecule has 0 heterocycles. The predicted molar refractivity (Wildman–Crippen MR) is 28.0 cm³/mol. The van der Waals surface area contributed by atoms with Crippen LogP contribution in [-0.4, -0.2) is 6.29 Å². The van der Waals surface area contributed by atoms with Crippen molar-refractivity contribution in [1.82, 2.24) is 0 Å². The second-order valence-electron chi connectivity index (χ2n) is 2.20. The van der Waals surface area contributed by atoms with Crippen LogP contribution in [0.5, 0.6) is 0 Å². The van der Waals surface area contributed by atoms with Crippen LogP contribution in [0.25, 0.3) is 0 Å². The van der Waals surface area contributed by atoms with E-state index in [1.54, 1.807) is 0 Å². The summed E-state index contributed by atoms with van der Waals surface area (Å²) >= 11 is 0. The molecular weight excluding hydrogens is 88.1 g/mol. The summed E-state index contributed by atoms with van der Waals surface area (Å²) in [6.07, 6.45) is 3.41. The molecule has 1 aliphatic rings. The van der Waals surface area contributed by atoms with Crippen LogP contribution in [0.1, 0.15) is 19.8 Å². The van der Waals surface area contributed by atoms with Gasteiger partial charge in [0.05, 0.1) is 0 Å². The Hall–Kier alpha value is -0.330. The van der Waals surface area contributed by atoms with Crippen molar-refractivity contribution < 1.29 is 4.79 Å². The normalized spacial score (nSPS) is 37.9.